The van der Waals surface area contributed by atoms with E-state index in [0.717, 1.165) is 0 Å². The Bertz CT molecular complexity index is 411. The summed E-state index contributed by atoms with van der Waals surface area (Å²) in [7, 11) is -1.05. The molecule has 1 aromatic carbocycles. The molecular formula is C12H15AsSi. The molecule has 1 aliphatic heterocycles. The third kappa shape index (κ3) is 1.99. The monoisotopic (exact) mass is 262 g/mol. The summed E-state index contributed by atoms with van der Waals surface area (Å²) in [6, 6.07) is 8.81. The summed E-state index contributed by atoms with van der Waals surface area (Å²) in [6.07, 6.45) is 4.68. The minimum atomic E-state index is -1.05. The molecule has 1 aliphatic rings. The Kier molecular flexibility index (Phi) is 2.63. The van der Waals surface area contributed by atoms with Gasteiger partial charge in [-0.3, -0.25) is 0 Å². The van der Waals surface area contributed by atoms with Crippen molar-refractivity contribution < 1.29 is 0 Å². The van der Waals surface area contributed by atoms with E-state index in [0.29, 0.717) is 0 Å². The molecule has 0 unspecified atom stereocenters. The van der Waals surface area contributed by atoms with E-state index in [9.17, 15) is 0 Å². The third-order valence-corrected chi connectivity index (χ3v) is 11.1. The quantitative estimate of drug-likeness (QED) is 0.680. The van der Waals surface area contributed by atoms with E-state index in [4.69, 9.17) is 0 Å². The predicted molar refractivity (Wildman–Crippen MR) is 69.2 cm³/mol. The first-order chi connectivity index (χ1) is 6.57. The van der Waals surface area contributed by atoms with Crippen LogP contribution in [0.1, 0.15) is 5.56 Å². The van der Waals surface area contributed by atoms with E-state index in [-0.39, 0.29) is 15.3 Å². The maximum atomic E-state index is 2.44. The molecule has 2 heteroatoms. The second-order valence-corrected chi connectivity index (χ2v) is 13.1. The zero-order valence-corrected chi connectivity index (χ0v) is 11.8. The molecule has 1 heterocycles. The Morgan fingerprint density at radius 2 is 1.71 bits per heavy atom. The summed E-state index contributed by atoms with van der Waals surface area (Å²) in [5.41, 5.74) is 1.44. The molecule has 72 valence electrons. The predicted octanol–water partition coefficient (Wildman–Crippen LogP) is 2.09. The van der Waals surface area contributed by atoms with E-state index in [1.807, 2.05) is 0 Å². The van der Waals surface area contributed by atoms with Crippen LogP contribution in [0.25, 0.3) is 6.08 Å². The molecule has 0 amide bonds. The van der Waals surface area contributed by atoms with Gasteiger partial charge in [0, 0.05) is 0 Å². The Morgan fingerprint density at radius 3 is 2.43 bits per heavy atom. The topological polar surface area (TPSA) is 0 Å². The van der Waals surface area contributed by atoms with Gasteiger partial charge in [-0.05, 0) is 0 Å². The van der Waals surface area contributed by atoms with Crippen LogP contribution in [-0.2, 0) is 0 Å². The van der Waals surface area contributed by atoms with Crippen molar-refractivity contribution in [1.29, 1.82) is 0 Å². The molecule has 14 heavy (non-hydrogen) atoms. The molecule has 0 aliphatic carbocycles. The van der Waals surface area contributed by atoms with Crippen LogP contribution in [0.3, 0.4) is 0 Å². The van der Waals surface area contributed by atoms with Crippen molar-refractivity contribution in [2.75, 3.05) is 0 Å². The molecule has 0 saturated carbocycles. The summed E-state index contributed by atoms with van der Waals surface area (Å²) in [6.45, 7) is 7.32. The summed E-state index contributed by atoms with van der Waals surface area (Å²) in [5, 5.41) is 0. The van der Waals surface area contributed by atoms with Crippen LogP contribution >= 0.6 is 0 Å². The van der Waals surface area contributed by atoms with Crippen LogP contribution in [0.4, 0.5) is 0 Å². The SMILES string of the molecule is C[Si](C)(C)C1=[As]c2ccccc2C=C1. The molecule has 0 nitrogen and oxygen atoms in total. The maximum absolute atomic E-state index is 2.44. The first-order valence-electron chi connectivity index (χ1n) is 4.94. The molecular weight excluding hydrogens is 247 g/mol. The fourth-order valence-corrected chi connectivity index (χ4v) is 6.92. The fourth-order valence-electron chi connectivity index (χ4n) is 1.48. The van der Waals surface area contributed by atoms with Crippen molar-refractivity contribution in [2.24, 2.45) is 0 Å². The van der Waals surface area contributed by atoms with Gasteiger partial charge in [0.15, 0.2) is 0 Å². The number of hydrogen-bond acceptors (Lipinski definition) is 0. The molecule has 0 atom stereocenters. The van der Waals surface area contributed by atoms with Gasteiger partial charge in [-0.25, -0.2) is 0 Å². The normalized spacial score (nSPS) is 16.1. The number of benzene rings is 1. The van der Waals surface area contributed by atoms with Crippen LogP contribution in [0.2, 0.25) is 19.6 Å². The average Bonchev–Trinajstić information content (AvgIpc) is 2.16. The van der Waals surface area contributed by atoms with Gasteiger partial charge in [-0.15, -0.1) is 0 Å². The van der Waals surface area contributed by atoms with Gasteiger partial charge >= 0.3 is 93.3 Å². The van der Waals surface area contributed by atoms with Gasteiger partial charge in [0.1, 0.15) is 0 Å². The van der Waals surface area contributed by atoms with E-state index < -0.39 is 8.07 Å². The summed E-state index contributed by atoms with van der Waals surface area (Å²) in [5.74, 6) is 0. The molecule has 0 aromatic heterocycles. The number of hydrogen-bond donors (Lipinski definition) is 0. The van der Waals surface area contributed by atoms with Crippen molar-refractivity contribution in [3.05, 3.63) is 35.9 Å². The first kappa shape index (κ1) is 10.1. The Labute approximate surface area is 93.3 Å². The van der Waals surface area contributed by atoms with Gasteiger partial charge in [-0.2, -0.15) is 0 Å². The van der Waals surface area contributed by atoms with Crippen molar-refractivity contribution in [1.82, 2.24) is 0 Å². The summed E-state index contributed by atoms with van der Waals surface area (Å²) >= 11 is 0.284. The number of rotatable bonds is 1. The molecule has 0 bridgehead atoms. The van der Waals surface area contributed by atoms with E-state index in [1.165, 1.54) is 5.56 Å². The number of fused-ring (bicyclic) bond motifs is 1. The van der Waals surface area contributed by atoms with Gasteiger partial charge in [0.05, 0.1) is 0 Å². The van der Waals surface area contributed by atoms with Gasteiger partial charge in [0.2, 0.25) is 0 Å². The van der Waals surface area contributed by atoms with E-state index in [1.54, 1.807) is 8.28 Å². The third-order valence-electron chi connectivity index (χ3n) is 2.37. The zero-order chi connectivity index (χ0) is 10.2. The van der Waals surface area contributed by atoms with Gasteiger partial charge in [0.25, 0.3) is 0 Å². The molecule has 0 saturated heterocycles. The number of allylic oxidation sites excluding steroid dienone is 1. The minimum absolute atomic E-state index is 0.284. The van der Waals surface area contributed by atoms with Crippen LogP contribution in [0.5, 0.6) is 0 Å². The van der Waals surface area contributed by atoms with Crippen LogP contribution in [-0.4, -0.2) is 27.3 Å². The van der Waals surface area contributed by atoms with Crippen molar-refractivity contribution in [3.63, 3.8) is 0 Å². The molecule has 0 spiro atoms. The van der Waals surface area contributed by atoms with E-state index >= 15 is 0 Å². The Hall–Kier alpha value is -0.395. The second-order valence-electron chi connectivity index (χ2n) is 4.64. The average molecular weight is 262 g/mol. The molecule has 2 rings (SSSR count). The molecule has 0 radical (unpaired) electrons. The van der Waals surface area contributed by atoms with Crippen LogP contribution in [0, 0.1) is 0 Å². The van der Waals surface area contributed by atoms with Crippen LogP contribution in [0.15, 0.2) is 30.3 Å². The molecule has 1 aromatic rings. The Balaban J connectivity index is 2.48. The first-order valence-corrected chi connectivity index (χ1v) is 10.3. The van der Waals surface area contributed by atoms with Crippen LogP contribution < -0.4 is 4.35 Å². The second kappa shape index (κ2) is 3.64. The van der Waals surface area contributed by atoms with E-state index in [2.05, 4.69) is 56.1 Å². The van der Waals surface area contributed by atoms with Crippen molar-refractivity contribution in [3.8, 4) is 0 Å². The molecule has 0 fully saturated rings. The van der Waals surface area contributed by atoms with Crippen molar-refractivity contribution >= 4 is 37.7 Å². The summed E-state index contributed by atoms with van der Waals surface area (Å²) in [4.78, 5) is 0. The van der Waals surface area contributed by atoms with Gasteiger partial charge < -0.3 is 0 Å². The Morgan fingerprint density at radius 1 is 1.00 bits per heavy atom. The van der Waals surface area contributed by atoms with Gasteiger partial charge in [-0.1, -0.05) is 0 Å². The fraction of sp³-hybridized carbons (Fsp3) is 0.250. The van der Waals surface area contributed by atoms with Crippen molar-refractivity contribution in [2.45, 2.75) is 19.6 Å². The molecule has 0 N–H and O–H groups in total. The zero-order valence-electron chi connectivity index (χ0n) is 8.91. The standard InChI is InChI=1S/C12H15AsSi/c1-14(2,3)12-9-8-10-6-4-5-7-11(10)13-12/h4-9H,1-3H3. The summed E-state index contributed by atoms with van der Waals surface area (Å²) < 4.78 is 3.34.